The lowest BCUT2D eigenvalue weighted by molar-refractivity contribution is 0.318. The maximum Gasteiger partial charge on any atom is 0.0402 e. The van der Waals surface area contributed by atoms with Crippen LogP contribution in [0.15, 0.2) is 0 Å². The highest BCUT2D eigenvalue weighted by atomic mass is 33.1. The molecule has 5 N–H and O–H groups in total. The van der Waals surface area contributed by atoms with Gasteiger partial charge < -0.3 is 5.11 Å². The molecule has 0 heterocycles. The molecular weight excluding hydrogens is 132 g/mol. The second-order valence-corrected chi connectivity index (χ2v) is 2.05. The average molecular weight is 142 g/mol. The van der Waals surface area contributed by atoms with Crippen LogP contribution in [-0.4, -0.2) is 11.7 Å². The summed E-state index contributed by atoms with van der Waals surface area (Å²) < 4.78 is 0. The fourth-order valence-corrected chi connectivity index (χ4v) is 0. The molecule has 7 heavy (non-hydrogen) atoms. The molecule has 46 valence electrons. The van der Waals surface area contributed by atoms with Gasteiger partial charge in [-0.15, -0.1) is 0 Å². The molecule has 0 aliphatic heterocycles. The second kappa shape index (κ2) is 16.0. The van der Waals surface area contributed by atoms with E-state index < -0.39 is 0 Å². The van der Waals surface area contributed by atoms with E-state index in [2.05, 4.69) is 0 Å². The molecule has 0 unspecified atom stereocenters. The normalized spacial score (nSPS) is 6.86. The van der Waals surface area contributed by atoms with Crippen molar-refractivity contribution >= 4 is 22.0 Å². The summed E-state index contributed by atoms with van der Waals surface area (Å²) >= 11 is 0. The number of hydrogen-bond acceptors (Lipinski definition) is 5. The zero-order chi connectivity index (χ0) is 6.12. The Labute approximate surface area is 51.5 Å². The number of aliphatic hydroxyl groups is 1. The molecule has 0 aliphatic carbocycles. The van der Waals surface area contributed by atoms with Gasteiger partial charge >= 0.3 is 0 Å². The van der Waals surface area contributed by atoms with Gasteiger partial charge in [0, 0.05) is 28.6 Å². The molecule has 0 aromatic heterocycles. The molecular formula is C2H10N2OS2. The van der Waals surface area contributed by atoms with Crippen LogP contribution >= 0.6 is 22.0 Å². The van der Waals surface area contributed by atoms with Crippen LogP contribution in [0.25, 0.3) is 0 Å². The van der Waals surface area contributed by atoms with Crippen LogP contribution in [0.1, 0.15) is 6.92 Å². The first-order valence-corrected chi connectivity index (χ1v) is 3.94. The molecule has 0 amide bonds. The van der Waals surface area contributed by atoms with Gasteiger partial charge in [0.2, 0.25) is 0 Å². The molecule has 0 saturated carbocycles. The van der Waals surface area contributed by atoms with Crippen LogP contribution in [-0.2, 0) is 0 Å². The van der Waals surface area contributed by atoms with E-state index in [9.17, 15) is 0 Å². The SMILES string of the molecule is CCO.NSSN. The predicted molar refractivity (Wildman–Crippen MR) is 36.3 cm³/mol. The van der Waals surface area contributed by atoms with Gasteiger partial charge in [-0.25, -0.2) is 0 Å². The van der Waals surface area contributed by atoms with Gasteiger partial charge in [0.25, 0.3) is 0 Å². The van der Waals surface area contributed by atoms with Crippen LogP contribution < -0.4 is 10.3 Å². The van der Waals surface area contributed by atoms with Crippen molar-refractivity contribution in [1.82, 2.24) is 0 Å². The molecule has 0 rings (SSSR count). The van der Waals surface area contributed by atoms with Crippen molar-refractivity contribution in [2.45, 2.75) is 6.92 Å². The fraction of sp³-hybridized carbons (Fsp3) is 1.00. The van der Waals surface area contributed by atoms with Crippen LogP contribution in [0.4, 0.5) is 0 Å². The zero-order valence-electron chi connectivity index (χ0n) is 4.13. The predicted octanol–water partition coefficient (Wildman–Crippen LogP) is 0.114. The minimum absolute atomic E-state index is 0.250. The van der Waals surface area contributed by atoms with E-state index in [0.29, 0.717) is 0 Å². The third kappa shape index (κ3) is 55.3. The number of nitrogens with two attached hydrogens (primary N) is 2. The molecule has 3 nitrogen and oxygen atoms in total. The Balaban J connectivity index is 0. The Kier molecular flexibility index (Phi) is 24.1. The van der Waals surface area contributed by atoms with Crippen molar-refractivity contribution in [2.75, 3.05) is 6.61 Å². The smallest absolute Gasteiger partial charge is 0.0402 e. The van der Waals surface area contributed by atoms with E-state index >= 15 is 0 Å². The summed E-state index contributed by atoms with van der Waals surface area (Å²) in [6, 6.07) is 0. The minimum atomic E-state index is 0.250. The Hall–Kier alpha value is 0.580. The summed E-state index contributed by atoms with van der Waals surface area (Å²) in [4.78, 5) is 0. The highest BCUT2D eigenvalue weighted by Crippen LogP contribution is 1.98. The van der Waals surface area contributed by atoms with Gasteiger partial charge in [-0.1, -0.05) is 0 Å². The highest BCUT2D eigenvalue weighted by Gasteiger charge is 1.55. The number of hydrogen-bond donors (Lipinski definition) is 3. The summed E-state index contributed by atoms with van der Waals surface area (Å²) in [5.41, 5.74) is 0. The van der Waals surface area contributed by atoms with Crippen molar-refractivity contribution in [3.8, 4) is 0 Å². The second-order valence-electron chi connectivity index (χ2n) is 0.509. The lowest BCUT2D eigenvalue weighted by Crippen LogP contribution is -1.74. The summed E-state index contributed by atoms with van der Waals surface area (Å²) in [5, 5.41) is 17.1. The van der Waals surface area contributed by atoms with Gasteiger partial charge in [0.1, 0.15) is 0 Å². The Morgan fingerprint density at radius 3 is 1.57 bits per heavy atom. The Bertz CT molecular complexity index is 21.2. The van der Waals surface area contributed by atoms with E-state index in [1.165, 1.54) is 0 Å². The standard InChI is InChI=1S/C2H6O.H4N2S2/c1-2-3;1-3-4-2/h3H,2H2,1H3;1-2H2. The van der Waals surface area contributed by atoms with Crippen molar-refractivity contribution in [3.05, 3.63) is 0 Å². The van der Waals surface area contributed by atoms with Crippen LogP contribution in [0, 0.1) is 0 Å². The fourth-order valence-electron chi connectivity index (χ4n) is 0. The molecule has 0 aromatic carbocycles. The van der Waals surface area contributed by atoms with E-state index in [-0.39, 0.29) is 6.61 Å². The molecule has 0 atom stereocenters. The summed E-state index contributed by atoms with van der Waals surface area (Å²) in [7, 11) is 2.10. The molecule has 0 spiro atoms. The molecule has 0 saturated heterocycles. The van der Waals surface area contributed by atoms with Gasteiger partial charge in [-0.05, 0) is 6.92 Å². The topological polar surface area (TPSA) is 72.3 Å². The maximum absolute atomic E-state index is 7.57. The molecule has 5 heteroatoms. The largest absolute Gasteiger partial charge is 0.397 e. The zero-order valence-corrected chi connectivity index (χ0v) is 5.76. The van der Waals surface area contributed by atoms with Crippen molar-refractivity contribution in [1.29, 1.82) is 0 Å². The molecule has 0 aliphatic rings. The lowest BCUT2D eigenvalue weighted by atomic mass is 10.9. The monoisotopic (exact) mass is 142 g/mol. The minimum Gasteiger partial charge on any atom is -0.397 e. The van der Waals surface area contributed by atoms with E-state index in [4.69, 9.17) is 15.4 Å². The first-order valence-electron chi connectivity index (χ1n) is 1.66. The third-order valence-corrected chi connectivity index (χ3v) is 0.500. The number of aliphatic hydroxyl groups excluding tert-OH is 1. The van der Waals surface area contributed by atoms with Gasteiger partial charge in [0.15, 0.2) is 0 Å². The van der Waals surface area contributed by atoms with E-state index in [1.807, 2.05) is 0 Å². The van der Waals surface area contributed by atoms with Crippen LogP contribution in [0.3, 0.4) is 0 Å². The molecule has 0 bridgehead atoms. The van der Waals surface area contributed by atoms with Crippen LogP contribution in [0.2, 0.25) is 0 Å². The first kappa shape index (κ1) is 10.5. The van der Waals surface area contributed by atoms with E-state index in [0.717, 1.165) is 22.0 Å². The lowest BCUT2D eigenvalue weighted by Gasteiger charge is -1.70. The Morgan fingerprint density at radius 1 is 1.43 bits per heavy atom. The Morgan fingerprint density at radius 2 is 1.57 bits per heavy atom. The molecule has 0 fully saturated rings. The molecule has 0 radical (unpaired) electrons. The molecule has 0 aromatic rings. The van der Waals surface area contributed by atoms with Crippen LogP contribution in [0.5, 0.6) is 0 Å². The average Bonchev–Trinajstić information content (AvgIpc) is 1.69. The summed E-state index contributed by atoms with van der Waals surface area (Å²) in [5.74, 6) is 0. The van der Waals surface area contributed by atoms with Gasteiger partial charge in [-0.3, -0.25) is 10.3 Å². The summed E-state index contributed by atoms with van der Waals surface area (Å²) in [6.45, 7) is 1.93. The van der Waals surface area contributed by atoms with Crippen molar-refractivity contribution in [2.24, 2.45) is 10.3 Å². The van der Waals surface area contributed by atoms with Gasteiger partial charge in [-0.2, -0.15) is 0 Å². The van der Waals surface area contributed by atoms with Crippen molar-refractivity contribution < 1.29 is 5.11 Å². The maximum atomic E-state index is 7.57. The van der Waals surface area contributed by atoms with Gasteiger partial charge in [0.05, 0.1) is 0 Å². The highest BCUT2D eigenvalue weighted by molar-refractivity contribution is 8.75. The van der Waals surface area contributed by atoms with E-state index in [1.54, 1.807) is 6.92 Å². The first-order chi connectivity index (χ1) is 3.33. The van der Waals surface area contributed by atoms with Crippen molar-refractivity contribution in [3.63, 3.8) is 0 Å². The number of rotatable bonds is 1. The third-order valence-electron chi connectivity index (χ3n) is 0.0556. The quantitative estimate of drug-likeness (QED) is 0.358. The summed E-state index contributed by atoms with van der Waals surface area (Å²) in [6.07, 6.45) is 0.